The van der Waals surface area contributed by atoms with Crippen molar-refractivity contribution in [1.29, 1.82) is 0 Å². The lowest BCUT2D eigenvalue weighted by molar-refractivity contribution is -0.147. The van der Waals surface area contributed by atoms with Gasteiger partial charge in [0.2, 0.25) is 0 Å². The summed E-state index contributed by atoms with van der Waals surface area (Å²) in [6.45, 7) is 1.21. The van der Waals surface area contributed by atoms with Crippen molar-refractivity contribution < 1.29 is 45.0 Å². The van der Waals surface area contributed by atoms with E-state index in [4.69, 9.17) is 4.74 Å². The molecule has 156 valence electrons. The molecule has 1 aromatic carbocycles. The minimum Gasteiger partial charge on any atom is -0.460 e. The second-order valence-corrected chi connectivity index (χ2v) is 6.98. The summed E-state index contributed by atoms with van der Waals surface area (Å²) < 4.78 is 102. The van der Waals surface area contributed by atoms with Gasteiger partial charge in [0.15, 0.2) is 23.3 Å². The zero-order chi connectivity index (χ0) is 21.4. The molecular weight excluding hydrogens is 397 g/mol. The molecule has 0 bridgehead atoms. The lowest BCUT2D eigenvalue weighted by Gasteiger charge is -2.12. The van der Waals surface area contributed by atoms with E-state index in [2.05, 4.69) is 4.74 Å². The number of allylic oxidation sites excluding steroid dienone is 2. The van der Waals surface area contributed by atoms with E-state index in [0.29, 0.717) is 0 Å². The van der Waals surface area contributed by atoms with E-state index in [0.717, 1.165) is 13.2 Å². The van der Waals surface area contributed by atoms with Crippen molar-refractivity contribution in [2.24, 2.45) is 17.3 Å². The van der Waals surface area contributed by atoms with Gasteiger partial charge in [-0.05, 0) is 11.3 Å². The number of methoxy groups -OCH3 is 1. The SMILES string of the molecule is COCc1c(F)c(F)c(COC(=O)[C@H]2C(C=CC(F)(F)F)C2(C)C)c(F)c1F. The molecule has 0 radical (unpaired) electrons. The van der Waals surface area contributed by atoms with E-state index in [1.807, 2.05) is 0 Å². The van der Waals surface area contributed by atoms with Crippen LogP contribution in [0.15, 0.2) is 12.2 Å². The number of hydrogen-bond donors (Lipinski definition) is 0. The number of hydrogen-bond acceptors (Lipinski definition) is 3. The average molecular weight is 414 g/mol. The van der Waals surface area contributed by atoms with Crippen LogP contribution in [0.3, 0.4) is 0 Å². The summed E-state index contributed by atoms with van der Waals surface area (Å²) in [7, 11) is 1.07. The molecular formula is C18H17F7O3. The van der Waals surface area contributed by atoms with Crippen LogP contribution in [0.2, 0.25) is 0 Å². The highest BCUT2D eigenvalue weighted by atomic mass is 19.4. The molecule has 0 aromatic heterocycles. The maximum absolute atomic E-state index is 14.0. The number of carbonyl (C=O) groups excluding carboxylic acids is 1. The van der Waals surface area contributed by atoms with E-state index in [9.17, 15) is 35.5 Å². The molecule has 10 heteroatoms. The lowest BCUT2D eigenvalue weighted by atomic mass is 10.1. The molecule has 0 spiro atoms. The third-order valence-corrected chi connectivity index (χ3v) is 4.75. The molecule has 2 atom stereocenters. The second-order valence-electron chi connectivity index (χ2n) is 6.98. The predicted octanol–water partition coefficient (Wildman–Crippen LogP) is 4.82. The van der Waals surface area contributed by atoms with Crippen LogP contribution in [0.4, 0.5) is 30.7 Å². The van der Waals surface area contributed by atoms with Crippen molar-refractivity contribution in [1.82, 2.24) is 0 Å². The Kier molecular flexibility index (Phi) is 6.13. The molecule has 2 rings (SSSR count). The van der Waals surface area contributed by atoms with Crippen molar-refractivity contribution in [2.75, 3.05) is 7.11 Å². The number of halogens is 7. The molecule has 0 N–H and O–H groups in total. The van der Waals surface area contributed by atoms with Gasteiger partial charge in [0.05, 0.1) is 23.7 Å². The summed E-state index contributed by atoms with van der Waals surface area (Å²) >= 11 is 0. The van der Waals surface area contributed by atoms with E-state index in [1.54, 1.807) is 0 Å². The molecule has 1 aromatic rings. The number of rotatable bonds is 6. The number of benzene rings is 1. The number of carbonyl (C=O) groups is 1. The Morgan fingerprint density at radius 2 is 1.46 bits per heavy atom. The van der Waals surface area contributed by atoms with Crippen LogP contribution >= 0.6 is 0 Å². The first kappa shape index (κ1) is 22.2. The van der Waals surface area contributed by atoms with E-state index in [-0.39, 0.29) is 6.08 Å². The molecule has 0 aliphatic heterocycles. The van der Waals surface area contributed by atoms with Crippen molar-refractivity contribution in [3.05, 3.63) is 46.5 Å². The largest absolute Gasteiger partial charge is 0.460 e. The van der Waals surface area contributed by atoms with Crippen LogP contribution in [0, 0.1) is 40.5 Å². The Hall–Kier alpha value is -2.10. The monoisotopic (exact) mass is 414 g/mol. The average Bonchev–Trinajstić information content (AvgIpc) is 3.15. The van der Waals surface area contributed by atoms with Gasteiger partial charge >= 0.3 is 12.1 Å². The van der Waals surface area contributed by atoms with Gasteiger partial charge in [-0.1, -0.05) is 19.9 Å². The summed E-state index contributed by atoms with van der Waals surface area (Å²) in [5.74, 6) is -9.63. The first-order chi connectivity index (χ1) is 12.8. The first-order valence-corrected chi connectivity index (χ1v) is 8.08. The Morgan fingerprint density at radius 3 is 1.89 bits per heavy atom. The fourth-order valence-corrected chi connectivity index (χ4v) is 3.05. The molecule has 1 aliphatic rings. The third-order valence-electron chi connectivity index (χ3n) is 4.75. The van der Waals surface area contributed by atoms with Gasteiger partial charge in [-0.3, -0.25) is 4.79 Å². The minimum atomic E-state index is -4.56. The molecule has 0 heterocycles. The summed E-state index contributed by atoms with van der Waals surface area (Å²) in [6.07, 6.45) is -3.75. The third kappa shape index (κ3) is 4.31. The van der Waals surface area contributed by atoms with Gasteiger partial charge in [-0.2, -0.15) is 13.2 Å². The number of ether oxygens (including phenoxy) is 2. The minimum absolute atomic E-state index is 0.00862. The van der Waals surface area contributed by atoms with Crippen molar-refractivity contribution in [2.45, 2.75) is 33.2 Å². The highest BCUT2D eigenvalue weighted by molar-refractivity contribution is 5.78. The first-order valence-electron chi connectivity index (χ1n) is 8.08. The Morgan fingerprint density at radius 1 is 1.00 bits per heavy atom. The number of esters is 1. The molecule has 0 saturated heterocycles. The smallest absolute Gasteiger partial charge is 0.409 e. The van der Waals surface area contributed by atoms with Crippen LogP contribution < -0.4 is 0 Å². The molecule has 1 saturated carbocycles. The second kappa shape index (κ2) is 7.73. The highest BCUT2D eigenvalue weighted by Crippen LogP contribution is 2.59. The van der Waals surface area contributed by atoms with Crippen LogP contribution in [-0.4, -0.2) is 19.3 Å². The van der Waals surface area contributed by atoms with E-state index < -0.39 is 77.0 Å². The van der Waals surface area contributed by atoms with Crippen LogP contribution in [-0.2, 0) is 27.5 Å². The lowest BCUT2D eigenvalue weighted by Crippen LogP contribution is -2.15. The topological polar surface area (TPSA) is 35.5 Å². The summed E-state index contributed by atoms with van der Waals surface area (Å²) in [5, 5.41) is 0. The standard InChI is InChI=1S/C18H17F7O3/c1-17(2)10(4-5-18(23,24)25)11(17)16(26)28-7-9-14(21)12(19)8(6-27-3)13(20)15(9)22/h4-5,10-11H,6-7H2,1-3H3/t10?,11-/m1/s1. The Balaban J connectivity index is 2.15. The predicted molar refractivity (Wildman–Crippen MR) is 82.7 cm³/mol. The van der Waals surface area contributed by atoms with Gasteiger partial charge in [-0.25, -0.2) is 17.6 Å². The zero-order valence-corrected chi connectivity index (χ0v) is 15.1. The van der Waals surface area contributed by atoms with Gasteiger partial charge in [0.25, 0.3) is 0 Å². The fourth-order valence-electron chi connectivity index (χ4n) is 3.05. The van der Waals surface area contributed by atoms with Crippen molar-refractivity contribution in [3.63, 3.8) is 0 Å². The van der Waals surface area contributed by atoms with Crippen LogP contribution in [0.1, 0.15) is 25.0 Å². The summed E-state index contributed by atoms with van der Waals surface area (Å²) in [6, 6.07) is 0. The highest BCUT2D eigenvalue weighted by Gasteiger charge is 2.61. The van der Waals surface area contributed by atoms with Gasteiger partial charge < -0.3 is 9.47 Å². The Bertz CT molecular complexity index is 770. The van der Waals surface area contributed by atoms with E-state index >= 15 is 0 Å². The summed E-state index contributed by atoms with van der Waals surface area (Å²) in [5.41, 5.74) is -2.95. The van der Waals surface area contributed by atoms with Gasteiger partial charge in [0.1, 0.15) is 6.61 Å². The van der Waals surface area contributed by atoms with Gasteiger partial charge in [0, 0.05) is 13.2 Å². The van der Waals surface area contributed by atoms with Crippen LogP contribution in [0.5, 0.6) is 0 Å². The van der Waals surface area contributed by atoms with Crippen LogP contribution in [0.25, 0.3) is 0 Å². The number of alkyl halides is 3. The molecule has 1 unspecified atom stereocenters. The van der Waals surface area contributed by atoms with E-state index in [1.165, 1.54) is 13.8 Å². The molecule has 0 amide bonds. The molecule has 1 aliphatic carbocycles. The van der Waals surface area contributed by atoms with Crippen molar-refractivity contribution in [3.8, 4) is 0 Å². The molecule has 3 nitrogen and oxygen atoms in total. The van der Waals surface area contributed by atoms with Gasteiger partial charge in [-0.15, -0.1) is 0 Å². The van der Waals surface area contributed by atoms with Crippen molar-refractivity contribution >= 4 is 5.97 Å². The zero-order valence-electron chi connectivity index (χ0n) is 15.1. The Labute approximate surface area is 156 Å². The fraction of sp³-hybridized carbons (Fsp3) is 0.500. The normalized spacial score (nSPS) is 21.2. The maximum Gasteiger partial charge on any atom is 0.409 e. The summed E-state index contributed by atoms with van der Waals surface area (Å²) in [4.78, 5) is 12.1. The quantitative estimate of drug-likeness (QED) is 0.290. The maximum atomic E-state index is 14.0. The molecule has 1 fully saturated rings. The molecule has 28 heavy (non-hydrogen) atoms.